The summed E-state index contributed by atoms with van der Waals surface area (Å²) in [7, 11) is 1.67. The van der Waals surface area contributed by atoms with Gasteiger partial charge in [0.2, 0.25) is 17.7 Å². The van der Waals surface area contributed by atoms with Gasteiger partial charge in [-0.3, -0.25) is 92.5 Å². The van der Waals surface area contributed by atoms with Crippen molar-refractivity contribution in [2.24, 2.45) is 46.6 Å². The average molecular weight is 1480 g/mol. The second-order valence-electron chi connectivity index (χ2n) is 23.9. The topological polar surface area (TPSA) is 505 Å². The first-order chi connectivity index (χ1) is 51.3. The summed E-state index contributed by atoms with van der Waals surface area (Å²) in [4.78, 5) is 162. The van der Waals surface area contributed by atoms with Gasteiger partial charge in [0.05, 0.1) is 12.8 Å². The molecule has 1 atom stereocenters. The average Bonchev–Trinajstić information content (AvgIpc) is 1.21. The van der Waals surface area contributed by atoms with Gasteiger partial charge in [-0.05, 0) is 73.9 Å². The lowest BCUT2D eigenvalue weighted by molar-refractivity contribution is -0.139. The summed E-state index contributed by atoms with van der Waals surface area (Å²) in [6.45, 7) is 6.99. The van der Waals surface area contributed by atoms with E-state index < -0.39 is 29.8 Å². The predicted molar refractivity (Wildman–Crippen MR) is 405 cm³/mol. The van der Waals surface area contributed by atoms with Gasteiger partial charge in [0, 0.05) is 261 Å². The van der Waals surface area contributed by atoms with Crippen molar-refractivity contribution in [3.63, 3.8) is 0 Å². The molecule has 7 aliphatic heterocycles. The van der Waals surface area contributed by atoms with Crippen LogP contribution in [-0.4, -0.2) is 208 Å². The highest BCUT2D eigenvalue weighted by atomic mass is 16.4. The number of anilines is 2. The molecular weight excluding hydrogens is 1390 g/mol. The van der Waals surface area contributed by atoms with Crippen molar-refractivity contribution >= 4 is 126 Å². The molecule has 7 aliphatic rings. The first-order valence-electron chi connectivity index (χ1n) is 34.4. The number of amides is 7. The molecule has 33 nitrogen and oxygen atoms in total. The van der Waals surface area contributed by atoms with Crippen LogP contribution in [-0.2, 0) is 70.5 Å². The SMILES string of the molecule is CC(CO)CNC(=O)C1=CN=CC1.CCN(CCC(=O)O)C(=O)C1=CN=CC1.CN(CCCC(=O)O)C(=O)C1=CN=CC1.NCc1cccc(NC(=O)C2=CN=CC2)c1.O=C(O)CCCCCNC(=O)C1=CN=CC1.O=C(O)CCCNC(=O)C1=CN=CC1.O=C(O)Cc1ccc(NC(=O)C2=CN=CC2)cc1. The standard InChI is InChI=1S/C13H12N2O3.C12H13N3O.C11H16N2O3.2C10H14N2O3.C9H12N2O3.C9H14N2O2/c16-12(17)7-9-1-3-11(4-2-9)15-13(18)10-5-6-14-8-10;13-7-9-2-1-3-11(6-9)15-12(16)10-4-5-14-8-10;14-10(15)4-2-1-3-6-13-11(16)9-5-7-12-8-9;1-12(6-2-3-9(13)14)10(15)8-4-5-11-7-8;1-2-12(6-4-9(13)14)10(15)8-3-5-11-7-8;12-8(13)2-1-4-11-9(14)7-3-5-10-6-7;1-7(6-12)4-11-9(13)8-2-3-10-5-8/h1-4,6,8H,5,7H2,(H,15,18)(H,16,17);1-3,5-6,8H,4,7,13H2,(H,15,16);7-8H,1-6H2,(H,13,16)(H,14,15);2*5,7H,2-4,6H2,1H3,(H,13,14);5-6H,1-4H2,(H,11,14)(H,12,13);3,5,7,12H,2,4,6H2,1H3,(H,11,13). The van der Waals surface area contributed by atoms with Crippen molar-refractivity contribution < 1.29 is 88.2 Å². The number of nitrogens with two attached hydrogens (primary N) is 1. The second kappa shape index (κ2) is 51.9. The van der Waals surface area contributed by atoms with Gasteiger partial charge in [0.25, 0.3) is 23.6 Å². The van der Waals surface area contributed by atoms with E-state index in [0.717, 1.165) is 24.1 Å². The monoisotopic (exact) mass is 1480 g/mol. The van der Waals surface area contributed by atoms with Crippen LogP contribution < -0.4 is 32.3 Å². The van der Waals surface area contributed by atoms with E-state index in [1.165, 1.54) is 28.4 Å². The van der Waals surface area contributed by atoms with Crippen LogP contribution in [0.5, 0.6) is 0 Å². The number of aliphatic carboxylic acids is 5. The molecule has 1 unspecified atom stereocenters. The Bertz CT molecular complexity index is 3860. The van der Waals surface area contributed by atoms with E-state index in [-0.39, 0.29) is 92.5 Å². The van der Waals surface area contributed by atoms with Crippen LogP contribution in [0, 0.1) is 5.92 Å². The molecule has 0 aromatic heterocycles. The van der Waals surface area contributed by atoms with Crippen LogP contribution in [0.1, 0.15) is 128 Å². The van der Waals surface area contributed by atoms with Crippen LogP contribution >= 0.6 is 0 Å². The Hall–Kier alpha value is -12.1. The van der Waals surface area contributed by atoms with Gasteiger partial charge in [-0.15, -0.1) is 0 Å². The Morgan fingerprint density at radius 3 is 1.25 bits per heavy atom. The van der Waals surface area contributed by atoms with Crippen LogP contribution in [0.4, 0.5) is 11.4 Å². The molecule has 0 radical (unpaired) electrons. The number of carbonyl (C=O) groups excluding carboxylic acids is 7. The number of nitrogens with zero attached hydrogens (tertiary/aromatic N) is 9. The van der Waals surface area contributed by atoms with Crippen molar-refractivity contribution in [1.29, 1.82) is 0 Å². The lowest BCUT2D eigenvalue weighted by Crippen LogP contribution is -2.33. The minimum absolute atomic E-state index is 0.0201. The van der Waals surface area contributed by atoms with Crippen LogP contribution in [0.2, 0.25) is 0 Å². The van der Waals surface area contributed by atoms with E-state index in [1.54, 1.807) is 99.6 Å². The molecule has 107 heavy (non-hydrogen) atoms. The summed E-state index contributed by atoms with van der Waals surface area (Å²) in [5, 5.41) is 64.8. The number of hydrogen-bond donors (Lipinski definition) is 12. The zero-order valence-corrected chi connectivity index (χ0v) is 60.1. The number of unbranched alkanes of at least 4 members (excludes halogenated alkanes) is 2. The lowest BCUT2D eigenvalue weighted by Gasteiger charge is -2.20. The Kier molecular flexibility index (Phi) is 43.2. The van der Waals surface area contributed by atoms with Crippen molar-refractivity contribution in [2.75, 3.05) is 63.6 Å². The fourth-order valence-corrected chi connectivity index (χ4v) is 9.09. The van der Waals surface area contributed by atoms with Crippen molar-refractivity contribution in [3.05, 3.63) is 142 Å². The molecule has 0 saturated heterocycles. The molecule has 2 aromatic carbocycles. The molecular formula is C74H95N15O18. The number of aliphatic hydroxyl groups is 1. The normalized spacial score (nSPS) is 14.0. The highest BCUT2D eigenvalue weighted by Crippen LogP contribution is 2.18. The molecule has 2 aromatic rings. The minimum atomic E-state index is -0.891. The fraction of sp³-hybridized carbons (Fsp3) is 0.392. The maximum absolute atomic E-state index is 11.8. The molecule has 7 heterocycles. The van der Waals surface area contributed by atoms with E-state index in [2.05, 4.69) is 61.5 Å². The number of benzene rings is 2. The number of likely N-dealkylation sites (N-methyl/N-ethyl adjacent to an activating group) is 2. The number of carboxylic acids is 5. The summed E-state index contributed by atoms with van der Waals surface area (Å²) < 4.78 is 0. The molecule has 13 N–H and O–H groups in total. The van der Waals surface area contributed by atoms with Gasteiger partial charge in [0.15, 0.2) is 0 Å². The third-order valence-corrected chi connectivity index (χ3v) is 15.1. The summed E-state index contributed by atoms with van der Waals surface area (Å²) >= 11 is 0. The van der Waals surface area contributed by atoms with Crippen molar-refractivity contribution in [3.8, 4) is 0 Å². The van der Waals surface area contributed by atoms with Crippen molar-refractivity contribution in [1.82, 2.24) is 25.8 Å². The highest BCUT2D eigenvalue weighted by Gasteiger charge is 2.21. The molecule has 0 bridgehead atoms. The first-order valence-corrected chi connectivity index (χ1v) is 34.4. The number of nitrogens with one attached hydrogen (secondary N) is 5. The largest absolute Gasteiger partial charge is 0.481 e. The quantitative estimate of drug-likeness (QED) is 0.0369. The zero-order chi connectivity index (χ0) is 78.7. The summed E-state index contributed by atoms with van der Waals surface area (Å²) in [6.07, 6.45) is 30.2. The van der Waals surface area contributed by atoms with E-state index in [0.29, 0.717) is 154 Å². The third-order valence-electron chi connectivity index (χ3n) is 15.1. The maximum atomic E-state index is 11.8. The first kappa shape index (κ1) is 89.1. The van der Waals surface area contributed by atoms with E-state index >= 15 is 0 Å². The van der Waals surface area contributed by atoms with E-state index in [4.69, 9.17) is 36.4 Å². The summed E-state index contributed by atoms with van der Waals surface area (Å²) in [5.41, 5.74) is 13.2. The van der Waals surface area contributed by atoms with Gasteiger partial charge in [0.1, 0.15) is 0 Å². The number of aliphatic hydroxyl groups excluding tert-OH is 1. The van der Waals surface area contributed by atoms with Gasteiger partial charge in [-0.1, -0.05) is 37.6 Å². The highest BCUT2D eigenvalue weighted by molar-refractivity contribution is 6.07. The second-order valence-corrected chi connectivity index (χ2v) is 23.9. The molecule has 33 heteroatoms. The van der Waals surface area contributed by atoms with Crippen LogP contribution in [0.25, 0.3) is 0 Å². The Labute approximate surface area is 619 Å². The number of carboxylic acid groups (broad SMARTS) is 5. The molecule has 0 saturated carbocycles. The number of aliphatic imine (C=N–C) groups is 7. The molecule has 9 rings (SSSR count). The molecule has 7 amide bonds. The van der Waals surface area contributed by atoms with E-state index in [1.807, 2.05) is 38.1 Å². The Morgan fingerprint density at radius 1 is 0.439 bits per heavy atom. The van der Waals surface area contributed by atoms with E-state index in [9.17, 15) is 57.5 Å². The minimum Gasteiger partial charge on any atom is -0.481 e. The molecule has 0 fully saturated rings. The molecule has 574 valence electrons. The van der Waals surface area contributed by atoms with Gasteiger partial charge >= 0.3 is 29.8 Å². The predicted octanol–water partition coefficient (Wildman–Crippen LogP) is 5.91. The number of carbonyl (C=O) groups is 12. The number of rotatable bonds is 33. The fourth-order valence-electron chi connectivity index (χ4n) is 9.09. The van der Waals surface area contributed by atoms with Gasteiger partial charge < -0.3 is 72.8 Å². The number of hydrogen-bond acceptors (Lipinski definition) is 21. The zero-order valence-electron chi connectivity index (χ0n) is 60.1. The summed E-state index contributed by atoms with van der Waals surface area (Å²) in [5.74, 6) is -4.90. The van der Waals surface area contributed by atoms with Crippen LogP contribution in [0.3, 0.4) is 0 Å². The Morgan fingerprint density at radius 2 is 0.841 bits per heavy atom. The van der Waals surface area contributed by atoms with Gasteiger partial charge in [-0.25, -0.2) is 0 Å². The van der Waals surface area contributed by atoms with Crippen LogP contribution in [0.15, 0.2) is 166 Å². The Balaban J connectivity index is 0.000000325. The lowest BCUT2D eigenvalue weighted by atomic mass is 10.1. The third kappa shape index (κ3) is 38.8. The van der Waals surface area contributed by atoms with Gasteiger partial charge in [-0.2, -0.15) is 0 Å². The molecule has 0 spiro atoms. The maximum Gasteiger partial charge on any atom is 0.307 e. The smallest absolute Gasteiger partial charge is 0.307 e. The molecule has 0 aliphatic carbocycles. The summed E-state index contributed by atoms with van der Waals surface area (Å²) in [6, 6.07) is 14.2. The van der Waals surface area contributed by atoms with Crippen molar-refractivity contribution in [2.45, 2.75) is 130 Å².